The fourth-order valence-electron chi connectivity index (χ4n) is 1.92. The lowest BCUT2D eigenvalue weighted by Gasteiger charge is -2.19. The SMILES string of the molecule is CC[C@@H](C)N1C(=O)S/C(=C\c2ccc(C(=O)O)cc2)C1=O. The maximum atomic E-state index is 12.2. The molecule has 2 rings (SSSR count). The van der Waals surface area contributed by atoms with Crippen molar-refractivity contribution >= 4 is 35.0 Å². The third-order valence-electron chi connectivity index (χ3n) is 3.31. The summed E-state index contributed by atoms with van der Waals surface area (Å²) in [5.74, 6) is -1.29. The Labute approximate surface area is 126 Å². The van der Waals surface area contributed by atoms with Gasteiger partial charge >= 0.3 is 5.97 Å². The summed E-state index contributed by atoms with van der Waals surface area (Å²) < 4.78 is 0. The van der Waals surface area contributed by atoms with Gasteiger partial charge in [0.2, 0.25) is 0 Å². The Balaban J connectivity index is 2.24. The molecular weight excluding hydrogens is 290 g/mol. The van der Waals surface area contributed by atoms with Crippen LogP contribution in [-0.4, -0.2) is 33.2 Å². The van der Waals surface area contributed by atoms with Crippen molar-refractivity contribution in [2.75, 3.05) is 0 Å². The van der Waals surface area contributed by atoms with Gasteiger partial charge in [0.1, 0.15) is 0 Å². The number of amides is 2. The van der Waals surface area contributed by atoms with Gasteiger partial charge in [0.05, 0.1) is 10.5 Å². The molecular formula is C15H15NO4S. The predicted octanol–water partition coefficient (Wildman–Crippen LogP) is 3.22. The van der Waals surface area contributed by atoms with Crippen LogP contribution in [-0.2, 0) is 4.79 Å². The maximum Gasteiger partial charge on any atom is 0.335 e. The van der Waals surface area contributed by atoms with Crippen molar-refractivity contribution < 1.29 is 19.5 Å². The fraction of sp³-hybridized carbons (Fsp3) is 0.267. The summed E-state index contributed by atoms with van der Waals surface area (Å²) in [5, 5.41) is 8.57. The molecule has 1 aliphatic rings. The van der Waals surface area contributed by atoms with Crippen LogP contribution in [0.25, 0.3) is 6.08 Å². The topological polar surface area (TPSA) is 74.7 Å². The molecule has 1 heterocycles. The van der Waals surface area contributed by atoms with E-state index in [1.165, 1.54) is 17.0 Å². The number of hydrogen-bond acceptors (Lipinski definition) is 4. The number of rotatable bonds is 4. The highest BCUT2D eigenvalue weighted by molar-refractivity contribution is 8.18. The second-order valence-electron chi connectivity index (χ2n) is 4.74. The molecule has 0 bridgehead atoms. The van der Waals surface area contributed by atoms with Crippen LogP contribution < -0.4 is 0 Å². The number of carboxylic acids is 1. The average Bonchev–Trinajstić information content (AvgIpc) is 2.73. The van der Waals surface area contributed by atoms with Crippen molar-refractivity contribution in [1.29, 1.82) is 0 Å². The minimum Gasteiger partial charge on any atom is -0.478 e. The minimum absolute atomic E-state index is 0.127. The summed E-state index contributed by atoms with van der Waals surface area (Å²) in [6.45, 7) is 3.75. The number of thioether (sulfide) groups is 1. The quantitative estimate of drug-likeness (QED) is 0.864. The zero-order valence-corrected chi connectivity index (χ0v) is 12.5. The van der Waals surface area contributed by atoms with Gasteiger partial charge in [-0.3, -0.25) is 14.5 Å². The van der Waals surface area contributed by atoms with Crippen LogP contribution in [0.2, 0.25) is 0 Å². The number of hydrogen-bond donors (Lipinski definition) is 1. The molecule has 0 aliphatic carbocycles. The molecule has 1 fully saturated rings. The monoisotopic (exact) mass is 305 g/mol. The smallest absolute Gasteiger partial charge is 0.335 e. The van der Waals surface area contributed by atoms with E-state index in [0.717, 1.165) is 11.8 Å². The Bertz CT molecular complexity index is 621. The van der Waals surface area contributed by atoms with Crippen molar-refractivity contribution in [3.63, 3.8) is 0 Å². The molecule has 0 radical (unpaired) electrons. The number of benzene rings is 1. The molecule has 1 aromatic rings. The normalized spacial score (nSPS) is 18.4. The third-order valence-corrected chi connectivity index (χ3v) is 4.19. The largest absolute Gasteiger partial charge is 0.478 e. The molecule has 5 nitrogen and oxygen atoms in total. The van der Waals surface area contributed by atoms with Crippen molar-refractivity contribution in [3.8, 4) is 0 Å². The molecule has 6 heteroatoms. The van der Waals surface area contributed by atoms with E-state index in [9.17, 15) is 14.4 Å². The molecule has 1 atom stereocenters. The highest BCUT2D eigenvalue weighted by Crippen LogP contribution is 2.34. The van der Waals surface area contributed by atoms with Crippen molar-refractivity contribution in [3.05, 3.63) is 40.3 Å². The van der Waals surface area contributed by atoms with Gasteiger partial charge in [-0.15, -0.1) is 0 Å². The van der Waals surface area contributed by atoms with E-state index in [4.69, 9.17) is 5.11 Å². The van der Waals surface area contributed by atoms with Gasteiger partial charge in [-0.2, -0.15) is 0 Å². The first kappa shape index (κ1) is 15.3. The molecule has 0 aromatic heterocycles. The third kappa shape index (κ3) is 3.16. The van der Waals surface area contributed by atoms with Crippen LogP contribution in [0.5, 0.6) is 0 Å². The lowest BCUT2D eigenvalue weighted by molar-refractivity contribution is -0.124. The zero-order valence-electron chi connectivity index (χ0n) is 11.7. The number of carboxylic acid groups (broad SMARTS) is 1. The van der Waals surface area contributed by atoms with E-state index >= 15 is 0 Å². The summed E-state index contributed by atoms with van der Waals surface area (Å²) in [4.78, 5) is 36.5. The molecule has 1 saturated heterocycles. The zero-order chi connectivity index (χ0) is 15.6. The Morgan fingerprint density at radius 3 is 2.48 bits per heavy atom. The number of carbonyl (C=O) groups is 3. The van der Waals surface area contributed by atoms with Gasteiger partial charge in [0, 0.05) is 6.04 Å². The van der Waals surface area contributed by atoms with Crippen LogP contribution >= 0.6 is 11.8 Å². The van der Waals surface area contributed by atoms with Crippen LogP contribution in [0.3, 0.4) is 0 Å². The minimum atomic E-state index is -1.00. The van der Waals surface area contributed by atoms with Gasteiger partial charge < -0.3 is 5.11 Å². The Kier molecular flexibility index (Phi) is 4.47. The van der Waals surface area contributed by atoms with E-state index in [-0.39, 0.29) is 22.8 Å². The molecule has 0 spiro atoms. The van der Waals surface area contributed by atoms with Gasteiger partial charge in [-0.1, -0.05) is 19.1 Å². The Morgan fingerprint density at radius 1 is 1.33 bits per heavy atom. The molecule has 21 heavy (non-hydrogen) atoms. The van der Waals surface area contributed by atoms with Crippen molar-refractivity contribution in [1.82, 2.24) is 4.90 Å². The van der Waals surface area contributed by atoms with E-state index in [1.54, 1.807) is 18.2 Å². The second-order valence-corrected chi connectivity index (χ2v) is 5.73. The fourth-order valence-corrected chi connectivity index (χ4v) is 2.85. The first-order valence-corrected chi connectivity index (χ1v) is 7.36. The van der Waals surface area contributed by atoms with E-state index in [1.807, 2.05) is 13.8 Å². The van der Waals surface area contributed by atoms with Crippen LogP contribution in [0.15, 0.2) is 29.2 Å². The highest BCUT2D eigenvalue weighted by Gasteiger charge is 2.37. The Morgan fingerprint density at radius 2 is 1.95 bits per heavy atom. The van der Waals surface area contributed by atoms with Crippen molar-refractivity contribution in [2.24, 2.45) is 0 Å². The lowest BCUT2D eigenvalue weighted by Crippen LogP contribution is -2.36. The van der Waals surface area contributed by atoms with Crippen molar-refractivity contribution in [2.45, 2.75) is 26.3 Å². The summed E-state index contributed by atoms with van der Waals surface area (Å²) in [6, 6.07) is 6.03. The first-order valence-electron chi connectivity index (χ1n) is 6.54. The van der Waals surface area contributed by atoms with Crippen LogP contribution in [0.4, 0.5) is 4.79 Å². The molecule has 2 amide bonds. The summed E-state index contributed by atoms with van der Waals surface area (Å²) in [7, 11) is 0. The van der Waals surface area contributed by atoms with E-state index in [2.05, 4.69) is 0 Å². The van der Waals surface area contributed by atoms with E-state index < -0.39 is 5.97 Å². The number of nitrogens with zero attached hydrogens (tertiary/aromatic N) is 1. The first-order chi connectivity index (χ1) is 9.93. The molecule has 0 saturated carbocycles. The average molecular weight is 305 g/mol. The molecule has 0 unspecified atom stereocenters. The lowest BCUT2D eigenvalue weighted by atomic mass is 10.1. The summed E-state index contributed by atoms with van der Waals surface area (Å²) >= 11 is 0.913. The molecule has 1 aliphatic heterocycles. The molecule has 1 N–H and O–H groups in total. The van der Waals surface area contributed by atoms with Crippen LogP contribution in [0.1, 0.15) is 36.2 Å². The van der Waals surface area contributed by atoms with E-state index in [0.29, 0.717) is 16.9 Å². The molecule has 1 aromatic carbocycles. The number of imide groups is 1. The Hall–Kier alpha value is -2.08. The number of carbonyl (C=O) groups excluding carboxylic acids is 2. The van der Waals surface area contributed by atoms with Gasteiger partial charge in [-0.05, 0) is 48.9 Å². The maximum absolute atomic E-state index is 12.2. The number of aromatic carboxylic acids is 1. The summed E-state index contributed by atoms with van der Waals surface area (Å²) in [6.07, 6.45) is 2.32. The van der Waals surface area contributed by atoms with Gasteiger partial charge in [0.15, 0.2) is 0 Å². The predicted molar refractivity (Wildman–Crippen MR) is 81.0 cm³/mol. The highest BCUT2D eigenvalue weighted by atomic mass is 32.2. The van der Waals surface area contributed by atoms with Crippen LogP contribution in [0, 0.1) is 0 Å². The molecule has 110 valence electrons. The summed E-state index contributed by atoms with van der Waals surface area (Å²) in [5.41, 5.74) is 0.870. The second kappa shape index (κ2) is 6.13. The van der Waals surface area contributed by atoms with Gasteiger partial charge in [0.25, 0.3) is 11.1 Å². The standard InChI is InChI=1S/C15H15NO4S/c1-3-9(2)16-13(17)12(21-15(16)20)8-10-4-6-11(7-5-10)14(18)19/h4-9H,3H2,1-2H3,(H,18,19)/b12-8-/t9-/m1/s1. The van der Waals surface area contributed by atoms with Gasteiger partial charge in [-0.25, -0.2) is 4.79 Å².